The van der Waals surface area contributed by atoms with Crippen LogP contribution in [0.1, 0.15) is 17.7 Å². The fraction of sp³-hybridized carbons (Fsp3) is 0.750. The Balaban J connectivity index is 2.67. The van der Waals surface area contributed by atoms with Crippen molar-refractivity contribution in [2.45, 2.75) is 25.8 Å². The topological polar surface area (TPSA) is 33.1 Å². The number of hydrogen-bond donors (Lipinski definition) is 1. The smallest absolute Gasteiger partial charge is 0.130 e. The molecule has 1 atom stereocenters. The van der Waals surface area contributed by atoms with Crippen LogP contribution in [0, 0.1) is 6.92 Å². The molecule has 0 amide bonds. The van der Waals surface area contributed by atoms with Gasteiger partial charge in [0, 0.05) is 18.7 Å². The zero-order valence-electron chi connectivity index (χ0n) is 11.4. The highest BCUT2D eigenvalue weighted by Crippen LogP contribution is 2.20. The standard InChI is InChI=1S/C12H23ClN4/c1-9-11(12(13)17(5)15-9)8-10(14-2)6-7-16(3)4/h10,14H,6-8H2,1-5H3. The van der Waals surface area contributed by atoms with E-state index in [1.165, 1.54) is 0 Å². The van der Waals surface area contributed by atoms with Crippen molar-refractivity contribution in [1.82, 2.24) is 20.0 Å². The summed E-state index contributed by atoms with van der Waals surface area (Å²) in [7, 11) is 8.07. The van der Waals surface area contributed by atoms with Gasteiger partial charge in [-0.15, -0.1) is 0 Å². The second kappa shape index (κ2) is 6.38. The van der Waals surface area contributed by atoms with E-state index in [9.17, 15) is 0 Å². The molecule has 1 heterocycles. The van der Waals surface area contributed by atoms with E-state index in [4.69, 9.17) is 11.6 Å². The monoisotopic (exact) mass is 258 g/mol. The fourth-order valence-corrected chi connectivity index (χ4v) is 2.17. The summed E-state index contributed by atoms with van der Waals surface area (Å²) in [5.41, 5.74) is 2.19. The van der Waals surface area contributed by atoms with Crippen molar-refractivity contribution in [3.8, 4) is 0 Å². The molecule has 0 spiro atoms. The lowest BCUT2D eigenvalue weighted by Crippen LogP contribution is -2.31. The molecule has 1 aromatic heterocycles. The summed E-state index contributed by atoms with van der Waals surface area (Å²) in [6, 6.07) is 0.442. The van der Waals surface area contributed by atoms with Gasteiger partial charge in [-0.1, -0.05) is 11.6 Å². The van der Waals surface area contributed by atoms with Gasteiger partial charge in [0.15, 0.2) is 0 Å². The van der Waals surface area contributed by atoms with Crippen molar-refractivity contribution >= 4 is 11.6 Å². The number of nitrogens with zero attached hydrogens (tertiary/aromatic N) is 3. The average molecular weight is 259 g/mol. The van der Waals surface area contributed by atoms with E-state index >= 15 is 0 Å². The Labute approximate surface area is 109 Å². The van der Waals surface area contributed by atoms with Gasteiger partial charge in [-0.2, -0.15) is 5.10 Å². The molecule has 0 saturated carbocycles. The van der Waals surface area contributed by atoms with Gasteiger partial charge in [0.25, 0.3) is 0 Å². The van der Waals surface area contributed by atoms with Crippen LogP contribution in [-0.2, 0) is 13.5 Å². The third-order valence-corrected chi connectivity index (χ3v) is 3.53. The van der Waals surface area contributed by atoms with E-state index < -0.39 is 0 Å². The van der Waals surface area contributed by atoms with Gasteiger partial charge in [0.1, 0.15) is 5.15 Å². The highest BCUT2D eigenvalue weighted by molar-refractivity contribution is 6.30. The SMILES string of the molecule is CNC(CCN(C)C)Cc1c(C)nn(C)c1Cl. The first-order valence-corrected chi connectivity index (χ1v) is 6.33. The van der Waals surface area contributed by atoms with E-state index in [2.05, 4.69) is 29.4 Å². The summed E-state index contributed by atoms with van der Waals surface area (Å²) in [5.74, 6) is 0. The van der Waals surface area contributed by atoms with Gasteiger partial charge in [-0.25, -0.2) is 0 Å². The first kappa shape index (κ1) is 14.5. The molecule has 0 aliphatic heterocycles. The van der Waals surface area contributed by atoms with Crippen molar-refractivity contribution in [3.05, 3.63) is 16.4 Å². The molecule has 1 unspecified atom stereocenters. The molecule has 0 aliphatic rings. The number of halogens is 1. The predicted molar refractivity (Wildman–Crippen MR) is 72.7 cm³/mol. The van der Waals surface area contributed by atoms with Crippen molar-refractivity contribution in [1.29, 1.82) is 0 Å². The van der Waals surface area contributed by atoms with Crippen molar-refractivity contribution in [3.63, 3.8) is 0 Å². The molecule has 1 aromatic rings. The van der Waals surface area contributed by atoms with Gasteiger partial charge >= 0.3 is 0 Å². The molecular formula is C12H23ClN4. The molecule has 0 aromatic carbocycles. The van der Waals surface area contributed by atoms with Gasteiger partial charge in [0.2, 0.25) is 0 Å². The minimum Gasteiger partial charge on any atom is -0.317 e. The molecule has 0 radical (unpaired) electrons. The molecule has 5 heteroatoms. The Kier molecular flexibility index (Phi) is 5.43. The number of nitrogens with one attached hydrogen (secondary N) is 1. The first-order valence-electron chi connectivity index (χ1n) is 5.95. The summed E-state index contributed by atoms with van der Waals surface area (Å²) in [5, 5.41) is 8.44. The van der Waals surface area contributed by atoms with Crippen LogP contribution in [0.5, 0.6) is 0 Å². The molecule has 0 aliphatic carbocycles. The Bertz CT molecular complexity index is 360. The summed E-state index contributed by atoms with van der Waals surface area (Å²) in [6.07, 6.45) is 2.04. The first-order chi connectivity index (χ1) is 7.95. The van der Waals surface area contributed by atoms with Crippen LogP contribution in [0.15, 0.2) is 0 Å². The maximum Gasteiger partial charge on any atom is 0.130 e. The van der Waals surface area contributed by atoms with E-state index in [0.29, 0.717) is 6.04 Å². The normalized spacial score (nSPS) is 13.4. The number of aromatic nitrogens is 2. The molecule has 1 N–H and O–H groups in total. The van der Waals surface area contributed by atoms with Crippen molar-refractivity contribution < 1.29 is 0 Å². The average Bonchev–Trinajstić information content (AvgIpc) is 2.49. The van der Waals surface area contributed by atoms with Crippen LogP contribution in [0.2, 0.25) is 5.15 Å². The van der Waals surface area contributed by atoms with Crippen molar-refractivity contribution in [2.24, 2.45) is 7.05 Å². The molecule has 0 saturated heterocycles. The molecule has 98 valence electrons. The van der Waals surface area contributed by atoms with Gasteiger partial charge in [0.05, 0.1) is 5.69 Å². The lowest BCUT2D eigenvalue weighted by atomic mass is 10.0. The number of hydrogen-bond acceptors (Lipinski definition) is 3. The van der Waals surface area contributed by atoms with E-state index in [0.717, 1.165) is 35.8 Å². The number of aryl methyl sites for hydroxylation is 2. The van der Waals surface area contributed by atoms with Crippen molar-refractivity contribution in [2.75, 3.05) is 27.7 Å². The lowest BCUT2D eigenvalue weighted by molar-refractivity contribution is 0.364. The van der Waals surface area contributed by atoms with Crippen LogP contribution in [0.4, 0.5) is 0 Å². The second-order valence-electron chi connectivity index (χ2n) is 4.76. The minimum absolute atomic E-state index is 0.442. The third-order valence-electron chi connectivity index (χ3n) is 3.05. The highest BCUT2D eigenvalue weighted by Gasteiger charge is 2.16. The summed E-state index contributed by atoms with van der Waals surface area (Å²) >= 11 is 6.24. The predicted octanol–water partition coefficient (Wildman–Crippen LogP) is 1.46. The summed E-state index contributed by atoms with van der Waals surface area (Å²) in [6.45, 7) is 3.09. The maximum atomic E-state index is 6.24. The molecule has 4 nitrogen and oxygen atoms in total. The lowest BCUT2D eigenvalue weighted by Gasteiger charge is -2.18. The Morgan fingerprint density at radius 1 is 1.47 bits per heavy atom. The maximum absolute atomic E-state index is 6.24. The molecule has 17 heavy (non-hydrogen) atoms. The van der Waals surface area contributed by atoms with E-state index in [-0.39, 0.29) is 0 Å². The zero-order valence-corrected chi connectivity index (χ0v) is 12.2. The zero-order chi connectivity index (χ0) is 13.0. The quantitative estimate of drug-likeness (QED) is 0.839. The molecule has 1 rings (SSSR count). The fourth-order valence-electron chi connectivity index (χ4n) is 1.91. The largest absolute Gasteiger partial charge is 0.317 e. The highest BCUT2D eigenvalue weighted by atomic mass is 35.5. The van der Waals surface area contributed by atoms with Crippen LogP contribution < -0.4 is 5.32 Å². The van der Waals surface area contributed by atoms with Gasteiger partial charge in [-0.3, -0.25) is 4.68 Å². The molecule has 0 bridgehead atoms. The van der Waals surface area contributed by atoms with Gasteiger partial charge < -0.3 is 10.2 Å². The minimum atomic E-state index is 0.442. The second-order valence-corrected chi connectivity index (χ2v) is 5.12. The van der Waals surface area contributed by atoms with Gasteiger partial charge in [-0.05, 0) is 47.5 Å². The summed E-state index contributed by atoms with van der Waals surface area (Å²) in [4.78, 5) is 2.20. The van der Waals surface area contributed by atoms with Crippen LogP contribution in [-0.4, -0.2) is 48.4 Å². The number of rotatable bonds is 6. The Hall–Kier alpha value is -0.580. The Morgan fingerprint density at radius 3 is 2.53 bits per heavy atom. The number of likely N-dealkylation sites (N-methyl/N-ethyl adjacent to an activating group) is 1. The van der Waals surface area contributed by atoms with Crippen LogP contribution in [0.25, 0.3) is 0 Å². The molecular weight excluding hydrogens is 236 g/mol. The van der Waals surface area contributed by atoms with Crippen LogP contribution in [0.3, 0.4) is 0 Å². The summed E-state index contributed by atoms with van der Waals surface area (Å²) < 4.78 is 1.74. The van der Waals surface area contributed by atoms with E-state index in [1.54, 1.807) is 4.68 Å². The third kappa shape index (κ3) is 3.98. The molecule has 0 fully saturated rings. The van der Waals surface area contributed by atoms with Crippen LogP contribution >= 0.6 is 11.6 Å². The van der Waals surface area contributed by atoms with E-state index in [1.807, 2.05) is 21.0 Å². The Morgan fingerprint density at radius 2 is 2.12 bits per heavy atom.